The molecule has 1 N–H and O–H groups in total. The highest BCUT2D eigenvalue weighted by Gasteiger charge is 2.31. The van der Waals surface area contributed by atoms with Gasteiger partial charge in [0.15, 0.2) is 0 Å². The van der Waals surface area contributed by atoms with Crippen LogP contribution < -0.4 is 5.32 Å². The number of piperidine rings is 1. The second kappa shape index (κ2) is 10.9. The number of nitrogens with one attached hydrogen (secondary N) is 1. The molecule has 1 saturated heterocycles. The van der Waals surface area contributed by atoms with Crippen LogP contribution in [0.5, 0.6) is 0 Å². The summed E-state index contributed by atoms with van der Waals surface area (Å²) in [6.07, 6.45) is 0.756. The molecule has 0 unspecified atom stereocenters. The van der Waals surface area contributed by atoms with E-state index in [9.17, 15) is 26.0 Å². The summed E-state index contributed by atoms with van der Waals surface area (Å²) in [6.45, 7) is 4.74. The van der Waals surface area contributed by atoms with E-state index >= 15 is 0 Å². The van der Waals surface area contributed by atoms with Gasteiger partial charge >= 0.3 is 0 Å². The van der Waals surface area contributed by atoms with Crippen molar-refractivity contribution in [3.05, 3.63) is 59.9 Å². The summed E-state index contributed by atoms with van der Waals surface area (Å²) in [6, 6.07) is 11.4. The van der Waals surface area contributed by atoms with Gasteiger partial charge in [-0.25, -0.2) is 25.5 Å². The number of hydrogen-bond donors (Lipinski definition) is 1. The van der Waals surface area contributed by atoms with E-state index in [0.717, 1.165) is 0 Å². The summed E-state index contributed by atoms with van der Waals surface area (Å²) in [5.41, 5.74) is 0.988. The van der Waals surface area contributed by atoms with Crippen molar-refractivity contribution in [1.82, 2.24) is 8.61 Å². The van der Waals surface area contributed by atoms with Crippen LogP contribution in [0, 0.1) is 11.7 Å². The monoisotopic (exact) mass is 511 g/mol. The number of anilines is 1. The summed E-state index contributed by atoms with van der Waals surface area (Å²) in [4.78, 5) is 12.8. The number of sulfonamides is 2. The van der Waals surface area contributed by atoms with Crippen molar-refractivity contribution in [1.29, 1.82) is 0 Å². The maximum absolute atomic E-state index is 13.1. The molecule has 11 heteroatoms. The number of halogens is 1. The Morgan fingerprint density at radius 3 is 2.06 bits per heavy atom. The summed E-state index contributed by atoms with van der Waals surface area (Å²) in [5.74, 6) is -1.22. The van der Waals surface area contributed by atoms with Gasteiger partial charge in [0, 0.05) is 37.8 Å². The quantitative estimate of drug-likeness (QED) is 0.557. The lowest BCUT2D eigenvalue weighted by Gasteiger charge is -2.30. The molecule has 8 nitrogen and oxygen atoms in total. The van der Waals surface area contributed by atoms with Gasteiger partial charge in [-0.15, -0.1) is 0 Å². The van der Waals surface area contributed by atoms with Gasteiger partial charge in [-0.3, -0.25) is 4.79 Å². The molecule has 3 rings (SSSR count). The van der Waals surface area contributed by atoms with E-state index in [1.807, 2.05) is 0 Å². The smallest absolute Gasteiger partial charge is 0.243 e. The van der Waals surface area contributed by atoms with Gasteiger partial charge in [0.1, 0.15) is 5.82 Å². The van der Waals surface area contributed by atoms with Crippen LogP contribution >= 0.6 is 0 Å². The molecule has 1 aliphatic heterocycles. The Hall–Kier alpha value is -2.34. The lowest BCUT2D eigenvalue weighted by molar-refractivity contribution is -0.120. The Labute approximate surface area is 200 Å². The van der Waals surface area contributed by atoms with Crippen molar-refractivity contribution < 1.29 is 26.0 Å². The summed E-state index contributed by atoms with van der Waals surface area (Å²) < 4.78 is 66.3. The minimum absolute atomic E-state index is 0.161. The number of carbonyl (C=O) groups excluding carboxylic acids is 1. The zero-order chi connectivity index (χ0) is 24.9. The van der Waals surface area contributed by atoms with Gasteiger partial charge in [0.2, 0.25) is 26.0 Å². The molecule has 0 radical (unpaired) electrons. The number of benzene rings is 2. The van der Waals surface area contributed by atoms with E-state index in [0.29, 0.717) is 37.2 Å². The highest BCUT2D eigenvalue weighted by atomic mass is 32.2. The molecule has 0 saturated carbocycles. The second-order valence-electron chi connectivity index (χ2n) is 8.16. The highest BCUT2D eigenvalue weighted by molar-refractivity contribution is 7.89. The molecule has 1 amide bonds. The van der Waals surface area contributed by atoms with E-state index in [-0.39, 0.29) is 35.6 Å². The van der Waals surface area contributed by atoms with Crippen molar-refractivity contribution in [2.45, 2.75) is 37.3 Å². The zero-order valence-electron chi connectivity index (χ0n) is 19.3. The molecule has 0 bridgehead atoms. The van der Waals surface area contributed by atoms with Crippen LogP contribution in [0.1, 0.15) is 32.3 Å². The second-order valence-corrected chi connectivity index (χ2v) is 12.1. The first-order chi connectivity index (χ1) is 16.1. The van der Waals surface area contributed by atoms with Crippen LogP contribution in [0.2, 0.25) is 0 Å². The molecule has 1 aliphatic rings. The third kappa shape index (κ3) is 6.21. The lowest BCUT2D eigenvalue weighted by atomic mass is 9.97. The van der Waals surface area contributed by atoms with Crippen molar-refractivity contribution >= 4 is 31.6 Å². The van der Waals surface area contributed by atoms with Gasteiger partial charge in [0.25, 0.3) is 0 Å². The Morgan fingerprint density at radius 1 is 0.971 bits per heavy atom. The molecule has 0 aliphatic carbocycles. The number of amides is 1. The van der Waals surface area contributed by atoms with Crippen molar-refractivity contribution in [3.63, 3.8) is 0 Å². The molecule has 2 aromatic carbocycles. The average Bonchev–Trinajstić information content (AvgIpc) is 2.81. The minimum atomic E-state index is -3.57. The van der Waals surface area contributed by atoms with E-state index in [1.165, 1.54) is 45.0 Å². The normalized spacial score (nSPS) is 16.0. The standard InChI is InChI=1S/C23H30FN3O5S2/c1-3-26(4-2)34(31,32)22-11-9-21(10-12-22)25-23(28)19-13-15-27(16-14-19)33(29,30)17-18-5-7-20(24)8-6-18/h5-12,19H,3-4,13-17H2,1-2H3,(H,25,28). The number of carbonyl (C=O) groups is 1. The van der Waals surface area contributed by atoms with Crippen LogP contribution in [0.3, 0.4) is 0 Å². The fraction of sp³-hybridized carbons (Fsp3) is 0.435. The predicted molar refractivity (Wildman–Crippen MR) is 128 cm³/mol. The average molecular weight is 512 g/mol. The summed E-state index contributed by atoms with van der Waals surface area (Å²) in [5, 5.41) is 2.80. The fourth-order valence-electron chi connectivity index (χ4n) is 3.95. The molecule has 0 spiro atoms. The molecule has 0 aromatic heterocycles. The van der Waals surface area contributed by atoms with Crippen LogP contribution in [0.4, 0.5) is 10.1 Å². The Kier molecular flexibility index (Phi) is 8.45. The van der Waals surface area contributed by atoms with Gasteiger partial charge < -0.3 is 5.32 Å². The molecule has 0 atom stereocenters. The minimum Gasteiger partial charge on any atom is -0.326 e. The number of rotatable bonds is 9. The third-order valence-electron chi connectivity index (χ3n) is 5.95. The van der Waals surface area contributed by atoms with Crippen LogP contribution in [0.25, 0.3) is 0 Å². The predicted octanol–water partition coefficient (Wildman–Crippen LogP) is 3.04. The Balaban J connectivity index is 1.56. The molecule has 34 heavy (non-hydrogen) atoms. The van der Waals surface area contributed by atoms with Gasteiger partial charge in [-0.05, 0) is 54.8 Å². The highest BCUT2D eigenvalue weighted by Crippen LogP contribution is 2.24. The largest absolute Gasteiger partial charge is 0.326 e. The van der Waals surface area contributed by atoms with E-state index in [2.05, 4.69) is 5.32 Å². The maximum Gasteiger partial charge on any atom is 0.243 e. The molecular formula is C23H30FN3O5S2. The molecule has 186 valence electrons. The zero-order valence-corrected chi connectivity index (χ0v) is 20.9. The third-order valence-corrected chi connectivity index (χ3v) is 9.86. The molecular weight excluding hydrogens is 481 g/mol. The van der Waals surface area contributed by atoms with Gasteiger partial charge in [-0.1, -0.05) is 26.0 Å². The van der Waals surface area contributed by atoms with Crippen molar-refractivity contribution in [3.8, 4) is 0 Å². The number of nitrogens with zero attached hydrogens (tertiary/aromatic N) is 2. The van der Waals surface area contributed by atoms with Crippen LogP contribution in [-0.2, 0) is 30.6 Å². The Morgan fingerprint density at radius 2 is 1.53 bits per heavy atom. The number of hydrogen-bond acceptors (Lipinski definition) is 5. The first kappa shape index (κ1) is 26.3. The van der Waals surface area contributed by atoms with Gasteiger partial charge in [0.05, 0.1) is 10.6 Å². The first-order valence-electron chi connectivity index (χ1n) is 11.2. The molecule has 2 aromatic rings. The van der Waals surface area contributed by atoms with Crippen LogP contribution in [-0.4, -0.2) is 57.5 Å². The maximum atomic E-state index is 13.1. The summed E-state index contributed by atoms with van der Waals surface area (Å²) in [7, 11) is -7.14. The van der Waals surface area contributed by atoms with E-state index < -0.39 is 25.9 Å². The van der Waals surface area contributed by atoms with E-state index in [4.69, 9.17) is 0 Å². The van der Waals surface area contributed by atoms with Crippen LogP contribution in [0.15, 0.2) is 53.4 Å². The Bertz CT molecular complexity index is 1190. The van der Waals surface area contributed by atoms with Crippen molar-refractivity contribution in [2.75, 3.05) is 31.5 Å². The van der Waals surface area contributed by atoms with E-state index in [1.54, 1.807) is 26.0 Å². The molecule has 1 heterocycles. The topological polar surface area (TPSA) is 104 Å². The molecule has 1 fully saturated rings. The fourth-order valence-corrected chi connectivity index (χ4v) is 6.97. The van der Waals surface area contributed by atoms with Crippen molar-refractivity contribution in [2.24, 2.45) is 5.92 Å². The summed E-state index contributed by atoms with van der Waals surface area (Å²) >= 11 is 0. The SMILES string of the molecule is CCN(CC)S(=O)(=O)c1ccc(NC(=O)C2CCN(S(=O)(=O)Cc3ccc(F)cc3)CC2)cc1. The lowest BCUT2D eigenvalue weighted by Crippen LogP contribution is -2.41. The first-order valence-corrected chi connectivity index (χ1v) is 14.2. The van der Waals surface area contributed by atoms with Gasteiger partial charge in [-0.2, -0.15) is 4.31 Å².